The molecule has 0 spiro atoms. The summed E-state index contributed by atoms with van der Waals surface area (Å²) in [6.45, 7) is 3.69. The predicted molar refractivity (Wildman–Crippen MR) is 140 cm³/mol. The molecule has 0 aliphatic rings. The lowest BCUT2D eigenvalue weighted by molar-refractivity contribution is -0.137. The fourth-order valence-electron chi connectivity index (χ4n) is 4.00. The third-order valence-electron chi connectivity index (χ3n) is 6.06. The standard InChI is InChI=1S/C27H22F3N7O/c1-15-10-11-19(34-25(38)17-6-5-7-18(12-17)27(28,29)30)13-21(15)36-26-35-20-8-3-4-9-22(20)37(26)24-16(2)23(31)32-14-33-24/h3-14H,1-2H3,(H,34,38)(H,35,36)(H2,31,32,33). The van der Waals surface area contributed by atoms with Gasteiger partial charge in [-0.15, -0.1) is 0 Å². The number of para-hydroxylation sites is 2. The van der Waals surface area contributed by atoms with Crippen molar-refractivity contribution >= 4 is 40.1 Å². The normalized spacial score (nSPS) is 11.5. The van der Waals surface area contributed by atoms with E-state index in [1.54, 1.807) is 18.2 Å². The molecule has 11 heteroatoms. The van der Waals surface area contributed by atoms with Crippen molar-refractivity contribution in [3.05, 3.63) is 95.3 Å². The number of carbonyl (C=O) groups is 1. The summed E-state index contributed by atoms with van der Waals surface area (Å²) in [5, 5.41) is 5.98. The molecular formula is C27H22F3N7O. The van der Waals surface area contributed by atoms with Gasteiger partial charge >= 0.3 is 6.18 Å². The number of hydrogen-bond donors (Lipinski definition) is 3. The lowest BCUT2D eigenvalue weighted by Crippen LogP contribution is -2.14. The predicted octanol–water partition coefficient (Wildman–Crippen LogP) is 6.03. The quantitative estimate of drug-likeness (QED) is 0.263. The smallest absolute Gasteiger partial charge is 0.383 e. The van der Waals surface area contributed by atoms with Gasteiger partial charge in [0, 0.05) is 22.5 Å². The van der Waals surface area contributed by atoms with Gasteiger partial charge in [0.2, 0.25) is 5.95 Å². The molecular weight excluding hydrogens is 495 g/mol. The Balaban J connectivity index is 1.50. The van der Waals surface area contributed by atoms with E-state index in [0.717, 1.165) is 28.7 Å². The Labute approximate surface area is 215 Å². The summed E-state index contributed by atoms with van der Waals surface area (Å²) in [5.74, 6) is 0.691. The fourth-order valence-corrected chi connectivity index (χ4v) is 4.00. The highest BCUT2D eigenvalue weighted by atomic mass is 19.4. The van der Waals surface area contributed by atoms with E-state index in [1.165, 1.54) is 18.5 Å². The molecule has 0 saturated heterocycles. The zero-order valence-corrected chi connectivity index (χ0v) is 20.3. The van der Waals surface area contributed by atoms with Gasteiger partial charge in [-0.2, -0.15) is 13.2 Å². The Morgan fingerprint density at radius 1 is 0.974 bits per heavy atom. The van der Waals surface area contributed by atoms with Crippen LogP contribution >= 0.6 is 0 Å². The maximum Gasteiger partial charge on any atom is 0.416 e. The van der Waals surface area contributed by atoms with Gasteiger partial charge in [-0.05, 0) is 61.9 Å². The van der Waals surface area contributed by atoms with Crippen molar-refractivity contribution in [2.75, 3.05) is 16.4 Å². The monoisotopic (exact) mass is 517 g/mol. The molecule has 0 bridgehead atoms. The zero-order valence-electron chi connectivity index (χ0n) is 20.3. The van der Waals surface area contributed by atoms with Crippen LogP contribution in [-0.2, 0) is 6.18 Å². The summed E-state index contributed by atoms with van der Waals surface area (Å²) in [5.41, 5.74) is 9.10. The van der Waals surface area contributed by atoms with Crippen LogP contribution < -0.4 is 16.4 Å². The van der Waals surface area contributed by atoms with Crippen molar-refractivity contribution in [1.29, 1.82) is 0 Å². The molecule has 0 unspecified atom stereocenters. The number of nitrogens with one attached hydrogen (secondary N) is 2. The first-order chi connectivity index (χ1) is 18.1. The molecule has 0 aliphatic heterocycles. The highest BCUT2D eigenvalue weighted by Gasteiger charge is 2.31. The SMILES string of the molecule is Cc1ccc(NC(=O)c2cccc(C(F)(F)F)c2)cc1Nc1nc2ccccc2n1-c1ncnc(N)c1C. The van der Waals surface area contributed by atoms with Gasteiger partial charge < -0.3 is 16.4 Å². The number of nitrogens with zero attached hydrogens (tertiary/aromatic N) is 4. The number of nitrogen functional groups attached to an aromatic ring is 1. The highest BCUT2D eigenvalue weighted by Crippen LogP contribution is 2.32. The molecule has 2 aromatic heterocycles. The number of hydrogen-bond acceptors (Lipinski definition) is 6. The summed E-state index contributed by atoms with van der Waals surface area (Å²) in [6, 6.07) is 17.0. The topological polar surface area (TPSA) is 111 Å². The maximum atomic E-state index is 13.1. The number of imidazole rings is 1. The van der Waals surface area contributed by atoms with Crippen LogP contribution in [0.5, 0.6) is 0 Å². The van der Waals surface area contributed by atoms with Gasteiger partial charge in [-0.25, -0.2) is 15.0 Å². The Bertz CT molecular complexity index is 1680. The Morgan fingerprint density at radius 2 is 1.76 bits per heavy atom. The largest absolute Gasteiger partial charge is 0.416 e. The number of alkyl halides is 3. The molecule has 38 heavy (non-hydrogen) atoms. The Kier molecular flexibility index (Phi) is 6.19. The number of amides is 1. The minimum Gasteiger partial charge on any atom is -0.383 e. The van der Waals surface area contributed by atoms with E-state index in [2.05, 4.69) is 20.6 Å². The van der Waals surface area contributed by atoms with Gasteiger partial charge in [0.25, 0.3) is 5.91 Å². The van der Waals surface area contributed by atoms with E-state index >= 15 is 0 Å². The molecule has 0 saturated carbocycles. The number of carbonyl (C=O) groups excluding carboxylic acids is 1. The fraction of sp³-hybridized carbons (Fsp3) is 0.111. The number of rotatable bonds is 5. The number of fused-ring (bicyclic) bond motifs is 1. The summed E-state index contributed by atoms with van der Waals surface area (Å²) < 4.78 is 41.1. The van der Waals surface area contributed by atoms with Crippen molar-refractivity contribution in [2.45, 2.75) is 20.0 Å². The van der Waals surface area contributed by atoms with Crippen LogP contribution in [0.1, 0.15) is 27.0 Å². The zero-order chi connectivity index (χ0) is 27.0. The summed E-state index contributed by atoms with van der Waals surface area (Å²) in [7, 11) is 0. The molecule has 8 nitrogen and oxygen atoms in total. The third kappa shape index (κ3) is 4.73. The van der Waals surface area contributed by atoms with Crippen LogP contribution in [0, 0.1) is 13.8 Å². The highest BCUT2D eigenvalue weighted by molar-refractivity contribution is 6.04. The molecule has 0 atom stereocenters. The molecule has 3 aromatic carbocycles. The Hall–Kier alpha value is -4.93. The van der Waals surface area contributed by atoms with Crippen molar-refractivity contribution in [1.82, 2.24) is 19.5 Å². The van der Waals surface area contributed by atoms with Gasteiger partial charge in [0.05, 0.1) is 16.6 Å². The van der Waals surface area contributed by atoms with Crippen LogP contribution in [0.3, 0.4) is 0 Å². The van der Waals surface area contributed by atoms with Crippen molar-refractivity contribution in [2.24, 2.45) is 0 Å². The number of aryl methyl sites for hydroxylation is 1. The summed E-state index contributed by atoms with van der Waals surface area (Å²) >= 11 is 0. The number of benzene rings is 3. The molecule has 192 valence electrons. The van der Waals surface area contributed by atoms with Gasteiger partial charge in [0.15, 0.2) is 0 Å². The first-order valence-corrected chi connectivity index (χ1v) is 11.5. The number of aromatic nitrogens is 4. The molecule has 5 aromatic rings. The van der Waals surface area contributed by atoms with Crippen LogP contribution in [0.4, 0.5) is 36.3 Å². The average molecular weight is 518 g/mol. The van der Waals surface area contributed by atoms with Gasteiger partial charge in [-0.3, -0.25) is 9.36 Å². The van der Waals surface area contributed by atoms with Gasteiger partial charge in [-0.1, -0.05) is 24.3 Å². The summed E-state index contributed by atoms with van der Waals surface area (Å²) in [6.07, 6.45) is -3.17. The Morgan fingerprint density at radius 3 is 2.55 bits per heavy atom. The number of halogens is 3. The minimum atomic E-state index is -4.55. The summed E-state index contributed by atoms with van der Waals surface area (Å²) in [4.78, 5) is 25.9. The average Bonchev–Trinajstić information content (AvgIpc) is 3.25. The van der Waals surface area contributed by atoms with Crippen LogP contribution in [0.15, 0.2) is 73.1 Å². The number of nitrogens with two attached hydrogens (primary N) is 1. The molecule has 1 amide bonds. The van der Waals surface area contributed by atoms with E-state index in [9.17, 15) is 18.0 Å². The van der Waals surface area contributed by atoms with E-state index < -0.39 is 17.6 Å². The molecule has 2 heterocycles. The molecule has 0 radical (unpaired) electrons. The second-order valence-electron chi connectivity index (χ2n) is 8.65. The first kappa shape index (κ1) is 24.8. The van der Waals surface area contributed by atoms with Crippen LogP contribution in [0.2, 0.25) is 0 Å². The van der Waals surface area contributed by atoms with Crippen LogP contribution in [0.25, 0.3) is 16.9 Å². The maximum absolute atomic E-state index is 13.1. The minimum absolute atomic E-state index is 0.103. The van der Waals surface area contributed by atoms with E-state index in [0.29, 0.717) is 34.5 Å². The second-order valence-corrected chi connectivity index (χ2v) is 8.65. The first-order valence-electron chi connectivity index (χ1n) is 11.5. The molecule has 4 N–H and O–H groups in total. The van der Waals surface area contributed by atoms with E-state index in [4.69, 9.17) is 10.7 Å². The molecule has 5 rings (SSSR count). The van der Waals surface area contributed by atoms with Crippen molar-refractivity contribution in [3.63, 3.8) is 0 Å². The number of anilines is 4. The van der Waals surface area contributed by atoms with Crippen molar-refractivity contribution < 1.29 is 18.0 Å². The lowest BCUT2D eigenvalue weighted by Gasteiger charge is -2.15. The van der Waals surface area contributed by atoms with E-state index in [1.807, 2.05) is 42.7 Å². The molecule has 0 fully saturated rings. The molecule has 0 aliphatic carbocycles. The lowest BCUT2D eigenvalue weighted by atomic mass is 10.1. The van der Waals surface area contributed by atoms with Crippen LogP contribution in [-0.4, -0.2) is 25.4 Å². The van der Waals surface area contributed by atoms with Gasteiger partial charge in [0.1, 0.15) is 18.0 Å². The third-order valence-corrected chi connectivity index (χ3v) is 6.06. The second kappa shape index (κ2) is 9.51. The van der Waals surface area contributed by atoms with Crippen molar-refractivity contribution in [3.8, 4) is 5.82 Å². The van der Waals surface area contributed by atoms with E-state index in [-0.39, 0.29) is 5.56 Å².